The first-order valence-corrected chi connectivity index (χ1v) is 6.42. The van der Waals surface area contributed by atoms with E-state index in [-0.39, 0.29) is 17.6 Å². The molecule has 0 aliphatic rings. The van der Waals surface area contributed by atoms with Gasteiger partial charge >= 0.3 is 0 Å². The molecule has 4 heteroatoms. The molecule has 0 aliphatic heterocycles. The third-order valence-electron chi connectivity index (χ3n) is 2.74. The van der Waals surface area contributed by atoms with Gasteiger partial charge in [-0.2, -0.15) is 4.39 Å². The number of rotatable bonds is 6. The van der Waals surface area contributed by atoms with Gasteiger partial charge in [0.2, 0.25) is 5.95 Å². The molecule has 0 bridgehead atoms. The zero-order chi connectivity index (χ0) is 13.5. The third-order valence-corrected chi connectivity index (χ3v) is 2.74. The van der Waals surface area contributed by atoms with Crippen LogP contribution in [-0.2, 0) is 0 Å². The van der Waals surface area contributed by atoms with E-state index in [4.69, 9.17) is 0 Å². The third kappa shape index (κ3) is 5.25. The van der Waals surface area contributed by atoms with E-state index in [9.17, 15) is 9.18 Å². The van der Waals surface area contributed by atoms with Crippen LogP contribution >= 0.6 is 0 Å². The summed E-state index contributed by atoms with van der Waals surface area (Å²) in [7, 11) is 0. The van der Waals surface area contributed by atoms with E-state index in [2.05, 4.69) is 24.1 Å². The van der Waals surface area contributed by atoms with E-state index in [1.807, 2.05) is 6.92 Å². The number of nitrogens with zero attached hydrogens (tertiary/aromatic N) is 1. The van der Waals surface area contributed by atoms with Crippen LogP contribution in [0.25, 0.3) is 0 Å². The number of halogens is 1. The van der Waals surface area contributed by atoms with E-state index < -0.39 is 5.95 Å². The number of aromatic nitrogens is 1. The Morgan fingerprint density at radius 2 is 2.06 bits per heavy atom. The van der Waals surface area contributed by atoms with E-state index in [0.29, 0.717) is 5.92 Å². The van der Waals surface area contributed by atoms with Gasteiger partial charge in [-0.25, -0.2) is 4.98 Å². The summed E-state index contributed by atoms with van der Waals surface area (Å²) in [5.74, 6) is -0.264. The minimum atomic E-state index is -0.630. The summed E-state index contributed by atoms with van der Waals surface area (Å²) < 4.78 is 12.9. The van der Waals surface area contributed by atoms with Crippen LogP contribution in [-0.4, -0.2) is 16.9 Å². The highest BCUT2D eigenvalue weighted by molar-refractivity contribution is 5.92. The zero-order valence-corrected chi connectivity index (χ0v) is 11.2. The van der Waals surface area contributed by atoms with Crippen molar-refractivity contribution in [3.05, 3.63) is 29.8 Å². The van der Waals surface area contributed by atoms with Gasteiger partial charge in [0, 0.05) is 6.04 Å². The Morgan fingerprint density at radius 1 is 1.33 bits per heavy atom. The Balaban J connectivity index is 2.40. The van der Waals surface area contributed by atoms with Gasteiger partial charge in [-0.05, 0) is 31.4 Å². The molecular weight excluding hydrogens is 231 g/mol. The van der Waals surface area contributed by atoms with Crippen molar-refractivity contribution in [1.29, 1.82) is 0 Å². The van der Waals surface area contributed by atoms with Gasteiger partial charge < -0.3 is 5.32 Å². The summed E-state index contributed by atoms with van der Waals surface area (Å²) in [6.07, 6.45) is 3.16. The first-order valence-electron chi connectivity index (χ1n) is 6.42. The normalized spacial score (nSPS) is 12.5. The topological polar surface area (TPSA) is 42.0 Å². The van der Waals surface area contributed by atoms with Crippen molar-refractivity contribution < 1.29 is 9.18 Å². The second kappa shape index (κ2) is 7.09. The van der Waals surface area contributed by atoms with Crippen molar-refractivity contribution in [3.63, 3.8) is 0 Å². The lowest BCUT2D eigenvalue weighted by Crippen LogP contribution is -2.33. The van der Waals surface area contributed by atoms with Crippen LogP contribution in [0.3, 0.4) is 0 Å². The van der Waals surface area contributed by atoms with Crippen molar-refractivity contribution >= 4 is 5.91 Å². The number of pyridine rings is 1. The molecule has 100 valence electrons. The molecule has 3 nitrogen and oxygen atoms in total. The SMILES string of the molecule is CC(C)CCCC(C)NC(=O)c1cccc(F)n1. The predicted octanol–water partition coefficient (Wildman–Crippen LogP) is 3.17. The van der Waals surface area contributed by atoms with Crippen molar-refractivity contribution in [3.8, 4) is 0 Å². The lowest BCUT2D eigenvalue weighted by Gasteiger charge is -2.14. The largest absolute Gasteiger partial charge is 0.348 e. The van der Waals surface area contributed by atoms with Crippen LogP contribution in [0.15, 0.2) is 18.2 Å². The smallest absolute Gasteiger partial charge is 0.270 e. The monoisotopic (exact) mass is 252 g/mol. The molecule has 0 aromatic carbocycles. The predicted molar refractivity (Wildman–Crippen MR) is 69.8 cm³/mol. The molecule has 1 aromatic rings. The molecule has 0 spiro atoms. The Kier molecular flexibility index (Phi) is 5.75. The molecule has 0 aliphatic carbocycles. The van der Waals surface area contributed by atoms with Gasteiger partial charge in [-0.15, -0.1) is 0 Å². The maximum atomic E-state index is 12.9. The van der Waals surface area contributed by atoms with Crippen LogP contribution in [0.5, 0.6) is 0 Å². The van der Waals surface area contributed by atoms with Crippen molar-refractivity contribution in [2.45, 2.75) is 46.1 Å². The fraction of sp³-hybridized carbons (Fsp3) is 0.571. The molecule has 0 saturated carbocycles. The van der Waals surface area contributed by atoms with Crippen LogP contribution in [0, 0.1) is 11.9 Å². The first-order chi connectivity index (χ1) is 8.49. The summed E-state index contributed by atoms with van der Waals surface area (Å²) in [5.41, 5.74) is 0.130. The summed E-state index contributed by atoms with van der Waals surface area (Å²) in [6, 6.07) is 4.31. The molecule has 1 amide bonds. The fourth-order valence-corrected chi connectivity index (χ4v) is 1.74. The van der Waals surface area contributed by atoms with E-state index in [1.54, 1.807) is 0 Å². The number of nitrogens with one attached hydrogen (secondary N) is 1. The van der Waals surface area contributed by atoms with E-state index >= 15 is 0 Å². The van der Waals surface area contributed by atoms with Crippen LogP contribution in [0.1, 0.15) is 50.5 Å². The molecule has 1 rings (SSSR count). The molecule has 0 fully saturated rings. The molecule has 1 aromatic heterocycles. The first kappa shape index (κ1) is 14.6. The standard InChI is InChI=1S/C14H21FN2O/c1-10(2)6-4-7-11(3)16-14(18)12-8-5-9-13(15)17-12/h5,8-11H,4,6-7H2,1-3H3,(H,16,18). The highest BCUT2D eigenvalue weighted by Gasteiger charge is 2.11. The van der Waals surface area contributed by atoms with Crippen LogP contribution in [0.2, 0.25) is 0 Å². The molecular formula is C14H21FN2O. The van der Waals surface area contributed by atoms with Gasteiger partial charge in [-0.1, -0.05) is 32.8 Å². The summed E-state index contributed by atoms with van der Waals surface area (Å²) in [4.78, 5) is 15.3. The van der Waals surface area contributed by atoms with Crippen molar-refractivity contribution in [2.75, 3.05) is 0 Å². The zero-order valence-electron chi connectivity index (χ0n) is 11.2. The van der Waals surface area contributed by atoms with Crippen LogP contribution < -0.4 is 5.32 Å². The van der Waals surface area contributed by atoms with Gasteiger partial charge in [0.15, 0.2) is 0 Å². The molecule has 0 radical (unpaired) electrons. The highest BCUT2D eigenvalue weighted by Crippen LogP contribution is 2.08. The lowest BCUT2D eigenvalue weighted by molar-refractivity contribution is 0.0931. The van der Waals surface area contributed by atoms with Crippen LogP contribution in [0.4, 0.5) is 4.39 Å². The van der Waals surface area contributed by atoms with Gasteiger partial charge in [-0.3, -0.25) is 4.79 Å². The average Bonchev–Trinajstić information content (AvgIpc) is 2.28. The average molecular weight is 252 g/mol. The summed E-state index contributed by atoms with van der Waals surface area (Å²) >= 11 is 0. The van der Waals surface area contributed by atoms with Gasteiger partial charge in [0.25, 0.3) is 5.91 Å². The van der Waals surface area contributed by atoms with E-state index in [0.717, 1.165) is 19.3 Å². The second-order valence-corrected chi connectivity index (χ2v) is 5.04. The quantitative estimate of drug-likeness (QED) is 0.790. The minimum Gasteiger partial charge on any atom is -0.348 e. The number of carbonyl (C=O) groups excluding carboxylic acids is 1. The van der Waals surface area contributed by atoms with E-state index in [1.165, 1.54) is 18.2 Å². The second-order valence-electron chi connectivity index (χ2n) is 5.04. The maximum absolute atomic E-state index is 12.9. The Bertz CT molecular complexity index is 393. The molecule has 0 saturated heterocycles. The molecule has 1 heterocycles. The number of amides is 1. The minimum absolute atomic E-state index is 0.0846. The number of carbonyl (C=O) groups is 1. The Hall–Kier alpha value is -1.45. The molecule has 1 unspecified atom stereocenters. The highest BCUT2D eigenvalue weighted by atomic mass is 19.1. The number of hydrogen-bond acceptors (Lipinski definition) is 2. The Labute approximate surface area is 108 Å². The lowest BCUT2D eigenvalue weighted by atomic mass is 10.0. The summed E-state index contributed by atoms with van der Waals surface area (Å²) in [5, 5.41) is 2.83. The molecule has 1 N–H and O–H groups in total. The molecule has 18 heavy (non-hydrogen) atoms. The molecule has 1 atom stereocenters. The number of hydrogen-bond donors (Lipinski definition) is 1. The Morgan fingerprint density at radius 3 is 2.67 bits per heavy atom. The fourth-order valence-electron chi connectivity index (χ4n) is 1.74. The van der Waals surface area contributed by atoms with Gasteiger partial charge in [0.1, 0.15) is 5.69 Å². The van der Waals surface area contributed by atoms with Crippen molar-refractivity contribution in [1.82, 2.24) is 10.3 Å². The maximum Gasteiger partial charge on any atom is 0.270 e. The summed E-state index contributed by atoms with van der Waals surface area (Å²) in [6.45, 7) is 6.32. The van der Waals surface area contributed by atoms with Gasteiger partial charge in [0.05, 0.1) is 0 Å². The van der Waals surface area contributed by atoms with Crippen molar-refractivity contribution in [2.24, 2.45) is 5.92 Å².